The van der Waals surface area contributed by atoms with Crippen molar-refractivity contribution in [3.8, 4) is 0 Å². The van der Waals surface area contributed by atoms with Crippen LogP contribution in [0.5, 0.6) is 0 Å². The van der Waals surface area contributed by atoms with E-state index in [1.54, 1.807) is 0 Å². The summed E-state index contributed by atoms with van der Waals surface area (Å²) in [4.78, 5) is 5.03. The minimum absolute atomic E-state index is 0.156. The van der Waals surface area contributed by atoms with E-state index in [0.29, 0.717) is 6.04 Å². The maximum Gasteiger partial charge on any atom is 0.0687 e. The molecule has 0 aromatic heterocycles. The molecule has 0 heterocycles. The van der Waals surface area contributed by atoms with Gasteiger partial charge in [-0.15, -0.1) is 0 Å². The molecule has 0 saturated heterocycles. The summed E-state index contributed by atoms with van der Waals surface area (Å²) < 4.78 is 0. The van der Waals surface area contributed by atoms with Gasteiger partial charge in [0, 0.05) is 23.9 Å². The van der Waals surface area contributed by atoms with Crippen LogP contribution in [0.4, 0.5) is 11.4 Å². The third-order valence-corrected chi connectivity index (χ3v) is 6.05. The SMILES string of the molecule is CC(CC(C)Nc1c(C)cc(C(C)(C)C)cc1C)=Nc1c(C)cc(C(C)(C)C)cc1C. The molecule has 2 aromatic carbocycles. The highest BCUT2D eigenvalue weighted by atomic mass is 14.9. The van der Waals surface area contributed by atoms with Crippen molar-refractivity contribution in [3.63, 3.8) is 0 Å². The average Bonchev–Trinajstić information content (AvgIpc) is 2.59. The van der Waals surface area contributed by atoms with Gasteiger partial charge in [-0.1, -0.05) is 65.8 Å². The number of aliphatic imine (C=N–C) groups is 1. The van der Waals surface area contributed by atoms with Gasteiger partial charge in [0.05, 0.1) is 5.69 Å². The van der Waals surface area contributed by atoms with Crippen LogP contribution in [0.15, 0.2) is 29.3 Å². The predicted molar refractivity (Wildman–Crippen MR) is 140 cm³/mol. The molecule has 0 bridgehead atoms. The fourth-order valence-electron chi connectivity index (χ4n) is 4.17. The zero-order chi connectivity index (χ0) is 23.7. The van der Waals surface area contributed by atoms with Gasteiger partial charge in [0.25, 0.3) is 0 Å². The Bertz CT molecular complexity index is 919. The molecule has 2 heteroatoms. The summed E-state index contributed by atoms with van der Waals surface area (Å²) in [6.45, 7) is 26.8. The van der Waals surface area contributed by atoms with Crippen LogP contribution in [-0.2, 0) is 10.8 Å². The molecular weight excluding hydrogens is 376 g/mol. The van der Waals surface area contributed by atoms with E-state index in [9.17, 15) is 0 Å². The second-order valence-electron chi connectivity index (χ2n) is 11.5. The van der Waals surface area contributed by atoms with Gasteiger partial charge < -0.3 is 5.32 Å². The molecule has 2 nitrogen and oxygen atoms in total. The summed E-state index contributed by atoms with van der Waals surface area (Å²) in [6, 6.07) is 9.56. The molecule has 0 spiro atoms. The molecule has 0 aliphatic rings. The molecule has 0 fully saturated rings. The standard InChI is InChI=1S/C29H44N2/c1-18-13-24(28(7,8)9)14-19(2)26(18)30-22(5)17-23(6)31-27-20(3)15-25(16-21(27)4)29(10,11)12/h13-16,22,30H,17H2,1-12H3. The Morgan fingerprint density at radius 2 is 1.16 bits per heavy atom. The van der Waals surface area contributed by atoms with Crippen molar-refractivity contribution in [1.29, 1.82) is 0 Å². The fraction of sp³-hybridized carbons (Fsp3) is 0.552. The molecule has 0 radical (unpaired) electrons. The third-order valence-electron chi connectivity index (χ3n) is 6.05. The number of benzene rings is 2. The monoisotopic (exact) mass is 420 g/mol. The Hall–Kier alpha value is -2.09. The zero-order valence-electron chi connectivity index (χ0n) is 22.0. The number of nitrogens with one attached hydrogen (secondary N) is 1. The third kappa shape index (κ3) is 6.45. The molecule has 31 heavy (non-hydrogen) atoms. The molecule has 0 saturated carbocycles. The minimum atomic E-state index is 0.156. The van der Waals surface area contributed by atoms with Crippen LogP contribution < -0.4 is 5.32 Å². The van der Waals surface area contributed by atoms with Gasteiger partial charge >= 0.3 is 0 Å². The molecule has 0 amide bonds. The van der Waals surface area contributed by atoms with Crippen LogP contribution in [0.3, 0.4) is 0 Å². The van der Waals surface area contributed by atoms with E-state index < -0.39 is 0 Å². The van der Waals surface area contributed by atoms with Crippen molar-refractivity contribution in [1.82, 2.24) is 0 Å². The van der Waals surface area contributed by atoms with Crippen molar-refractivity contribution in [2.45, 2.75) is 106 Å². The minimum Gasteiger partial charge on any atom is -0.382 e. The number of anilines is 1. The lowest BCUT2D eigenvalue weighted by molar-refractivity contribution is 0.589. The lowest BCUT2D eigenvalue weighted by Crippen LogP contribution is -2.20. The van der Waals surface area contributed by atoms with Crippen LogP contribution in [0.1, 0.15) is 95.2 Å². The summed E-state index contributed by atoms with van der Waals surface area (Å²) >= 11 is 0. The molecule has 2 rings (SSSR count). The maximum atomic E-state index is 5.03. The number of nitrogens with zero attached hydrogens (tertiary/aromatic N) is 1. The Kier molecular flexibility index (Phi) is 7.46. The zero-order valence-corrected chi connectivity index (χ0v) is 22.0. The summed E-state index contributed by atoms with van der Waals surface area (Å²) in [5.74, 6) is 0. The number of hydrogen-bond acceptors (Lipinski definition) is 2. The van der Waals surface area contributed by atoms with E-state index in [1.807, 2.05) is 0 Å². The number of rotatable bonds is 5. The van der Waals surface area contributed by atoms with Gasteiger partial charge in [0.1, 0.15) is 0 Å². The molecule has 0 aliphatic carbocycles. The van der Waals surface area contributed by atoms with Crippen LogP contribution in [0.25, 0.3) is 0 Å². The first-order valence-electron chi connectivity index (χ1n) is 11.6. The molecule has 0 aliphatic heterocycles. The molecule has 1 N–H and O–H groups in total. The van der Waals surface area contributed by atoms with Crippen LogP contribution >= 0.6 is 0 Å². The quantitative estimate of drug-likeness (QED) is 0.482. The van der Waals surface area contributed by atoms with Gasteiger partial charge in [-0.2, -0.15) is 0 Å². The van der Waals surface area contributed by atoms with E-state index in [-0.39, 0.29) is 10.8 Å². The van der Waals surface area contributed by atoms with Gasteiger partial charge in [0.15, 0.2) is 0 Å². The maximum absolute atomic E-state index is 5.03. The Balaban J connectivity index is 2.20. The van der Waals surface area contributed by atoms with Crippen molar-refractivity contribution in [3.05, 3.63) is 57.6 Å². The van der Waals surface area contributed by atoms with Gasteiger partial charge in [-0.25, -0.2) is 0 Å². The smallest absolute Gasteiger partial charge is 0.0687 e. The van der Waals surface area contributed by atoms with Crippen molar-refractivity contribution < 1.29 is 0 Å². The summed E-state index contributed by atoms with van der Waals surface area (Å²) in [5, 5.41) is 3.75. The lowest BCUT2D eigenvalue weighted by Gasteiger charge is -2.24. The lowest BCUT2D eigenvalue weighted by atomic mass is 9.84. The van der Waals surface area contributed by atoms with E-state index >= 15 is 0 Å². The topological polar surface area (TPSA) is 24.4 Å². The van der Waals surface area contributed by atoms with Crippen LogP contribution in [-0.4, -0.2) is 11.8 Å². The second-order valence-corrected chi connectivity index (χ2v) is 11.5. The van der Waals surface area contributed by atoms with E-state index in [2.05, 4.69) is 113 Å². The van der Waals surface area contributed by atoms with Crippen molar-refractivity contribution in [2.24, 2.45) is 4.99 Å². The highest BCUT2D eigenvalue weighted by Crippen LogP contribution is 2.32. The first kappa shape index (κ1) is 25.2. The summed E-state index contributed by atoms with van der Waals surface area (Å²) in [6.07, 6.45) is 0.916. The highest BCUT2D eigenvalue weighted by molar-refractivity contribution is 5.86. The molecule has 1 atom stereocenters. The highest BCUT2D eigenvalue weighted by Gasteiger charge is 2.18. The molecule has 170 valence electrons. The summed E-state index contributed by atoms with van der Waals surface area (Å²) in [5.41, 5.74) is 11.8. The normalized spacial score (nSPS) is 14.0. The molecule has 2 aromatic rings. The largest absolute Gasteiger partial charge is 0.382 e. The Morgan fingerprint density at radius 3 is 1.55 bits per heavy atom. The van der Waals surface area contributed by atoms with Gasteiger partial charge in [-0.05, 0) is 85.8 Å². The van der Waals surface area contributed by atoms with Crippen LogP contribution in [0, 0.1) is 27.7 Å². The van der Waals surface area contributed by atoms with Crippen molar-refractivity contribution >= 4 is 17.1 Å². The Labute approximate surface area is 191 Å². The first-order chi connectivity index (χ1) is 14.1. The van der Waals surface area contributed by atoms with E-state index in [1.165, 1.54) is 39.1 Å². The average molecular weight is 421 g/mol. The number of aryl methyl sites for hydroxylation is 4. The fourth-order valence-corrected chi connectivity index (χ4v) is 4.17. The van der Waals surface area contributed by atoms with Gasteiger partial charge in [-0.3, -0.25) is 4.99 Å². The van der Waals surface area contributed by atoms with E-state index in [4.69, 9.17) is 4.99 Å². The Morgan fingerprint density at radius 1 is 0.774 bits per heavy atom. The molecule has 1 unspecified atom stereocenters. The van der Waals surface area contributed by atoms with E-state index in [0.717, 1.165) is 17.8 Å². The van der Waals surface area contributed by atoms with Crippen molar-refractivity contribution in [2.75, 3.05) is 5.32 Å². The van der Waals surface area contributed by atoms with Gasteiger partial charge in [0.2, 0.25) is 0 Å². The van der Waals surface area contributed by atoms with Crippen LogP contribution in [0.2, 0.25) is 0 Å². The number of hydrogen-bond donors (Lipinski definition) is 1. The second kappa shape index (κ2) is 9.18. The predicted octanol–water partition coefficient (Wildman–Crippen LogP) is 8.50. The first-order valence-corrected chi connectivity index (χ1v) is 11.6. The molecular formula is C29H44N2. The summed E-state index contributed by atoms with van der Waals surface area (Å²) in [7, 11) is 0.